The van der Waals surface area contributed by atoms with E-state index in [1.165, 1.54) is 24.2 Å². The molecule has 0 spiro atoms. The van der Waals surface area contributed by atoms with Gasteiger partial charge in [-0.15, -0.1) is 0 Å². The first kappa shape index (κ1) is 18.4. The van der Waals surface area contributed by atoms with Crippen LogP contribution in [0.25, 0.3) is 0 Å². The molecule has 2 aliphatic rings. The Morgan fingerprint density at radius 2 is 2.12 bits per heavy atom. The molecule has 1 saturated heterocycles. The highest BCUT2D eigenvalue weighted by Gasteiger charge is 2.28. The van der Waals surface area contributed by atoms with E-state index in [1.807, 2.05) is 32.5 Å². The minimum atomic E-state index is -0.473. The molecule has 0 aliphatic carbocycles. The van der Waals surface area contributed by atoms with E-state index in [9.17, 15) is 4.79 Å². The molecule has 0 bridgehead atoms. The summed E-state index contributed by atoms with van der Waals surface area (Å²) in [6.07, 6.45) is 4.23. The normalized spacial score (nSPS) is 23.8. The van der Waals surface area contributed by atoms with Crippen LogP contribution in [0.1, 0.15) is 52.5 Å². The smallest absolute Gasteiger partial charge is 0.414 e. The van der Waals surface area contributed by atoms with Crippen molar-refractivity contribution in [2.24, 2.45) is 0 Å². The second kappa shape index (κ2) is 7.48. The summed E-state index contributed by atoms with van der Waals surface area (Å²) in [6, 6.07) is 6.94. The number of nitrogens with zero attached hydrogens (tertiary/aromatic N) is 1. The Balaban J connectivity index is 1.79. The molecule has 4 nitrogen and oxygen atoms in total. The highest BCUT2D eigenvalue weighted by Crippen LogP contribution is 2.33. The molecule has 1 amide bonds. The Morgan fingerprint density at radius 3 is 2.84 bits per heavy atom. The van der Waals surface area contributed by atoms with Gasteiger partial charge in [0.15, 0.2) is 0 Å². The van der Waals surface area contributed by atoms with Crippen LogP contribution in [0.2, 0.25) is 0 Å². The number of benzene rings is 1. The summed E-state index contributed by atoms with van der Waals surface area (Å²) < 4.78 is 5.60. The van der Waals surface area contributed by atoms with Crippen LogP contribution in [-0.4, -0.2) is 35.3 Å². The molecule has 1 aromatic rings. The lowest BCUT2D eigenvalue weighted by Crippen LogP contribution is -2.40. The number of aryl methyl sites for hydroxylation is 1. The molecule has 1 N–H and O–H groups in total. The fourth-order valence-electron chi connectivity index (χ4n) is 3.50. The summed E-state index contributed by atoms with van der Waals surface area (Å²) >= 11 is 2.04. The van der Waals surface area contributed by atoms with Crippen molar-refractivity contribution in [3.05, 3.63) is 23.8 Å². The predicted molar refractivity (Wildman–Crippen MR) is 107 cm³/mol. The van der Waals surface area contributed by atoms with Crippen LogP contribution >= 0.6 is 11.8 Å². The molecule has 25 heavy (non-hydrogen) atoms. The molecular weight excluding hydrogens is 332 g/mol. The van der Waals surface area contributed by atoms with Crippen molar-refractivity contribution in [2.75, 3.05) is 22.5 Å². The van der Waals surface area contributed by atoms with Crippen LogP contribution in [0, 0.1) is 0 Å². The maximum atomic E-state index is 12.6. The predicted octanol–water partition coefficient (Wildman–Crippen LogP) is 5.07. The third kappa shape index (κ3) is 4.63. The average molecular weight is 363 g/mol. The van der Waals surface area contributed by atoms with E-state index in [0.29, 0.717) is 11.3 Å². The van der Waals surface area contributed by atoms with E-state index < -0.39 is 5.60 Å². The molecule has 2 atom stereocenters. The molecule has 2 unspecified atom stereocenters. The third-order valence-electron chi connectivity index (χ3n) is 4.78. The number of anilines is 2. The van der Waals surface area contributed by atoms with Gasteiger partial charge in [0.05, 0.1) is 5.69 Å². The lowest BCUT2D eigenvalue weighted by Gasteiger charge is -2.33. The number of fused-ring (bicyclic) bond motifs is 1. The summed E-state index contributed by atoms with van der Waals surface area (Å²) in [5.41, 5.74) is 2.86. The van der Waals surface area contributed by atoms with Gasteiger partial charge >= 0.3 is 6.09 Å². The van der Waals surface area contributed by atoms with Crippen molar-refractivity contribution < 1.29 is 9.53 Å². The van der Waals surface area contributed by atoms with Crippen molar-refractivity contribution in [2.45, 2.75) is 70.3 Å². The van der Waals surface area contributed by atoms with Gasteiger partial charge in [-0.05, 0) is 69.9 Å². The van der Waals surface area contributed by atoms with Gasteiger partial charge in [0.25, 0.3) is 0 Å². The molecule has 2 aliphatic heterocycles. The molecule has 0 saturated carbocycles. The molecule has 1 aromatic carbocycles. The van der Waals surface area contributed by atoms with E-state index in [1.54, 1.807) is 4.90 Å². The minimum absolute atomic E-state index is 0.243. The zero-order chi connectivity index (χ0) is 18.0. The Hall–Kier alpha value is -1.36. The van der Waals surface area contributed by atoms with E-state index in [0.717, 1.165) is 30.8 Å². The van der Waals surface area contributed by atoms with Gasteiger partial charge in [0, 0.05) is 23.5 Å². The number of hydrogen-bond acceptors (Lipinski definition) is 4. The number of nitrogens with one attached hydrogen (secondary N) is 1. The summed E-state index contributed by atoms with van der Waals surface area (Å²) in [5.74, 6) is 1.26. The fourth-order valence-corrected chi connectivity index (χ4v) is 4.64. The Kier molecular flexibility index (Phi) is 5.52. The van der Waals surface area contributed by atoms with E-state index >= 15 is 0 Å². The molecule has 0 aromatic heterocycles. The fraction of sp³-hybridized carbons (Fsp3) is 0.650. The highest BCUT2D eigenvalue weighted by molar-refractivity contribution is 8.00. The van der Waals surface area contributed by atoms with Gasteiger partial charge in [-0.25, -0.2) is 4.79 Å². The molecule has 5 heteroatoms. The number of thioether (sulfide) groups is 1. The maximum absolute atomic E-state index is 12.6. The SMILES string of the molecule is CC1SCCCC1Nc1ccc2c(c1)N(C(=O)OC(C)(C)C)CCC2. The molecule has 2 heterocycles. The summed E-state index contributed by atoms with van der Waals surface area (Å²) in [4.78, 5) is 14.4. The molecular formula is C20H30N2O2S. The van der Waals surface area contributed by atoms with Crippen LogP contribution in [0.3, 0.4) is 0 Å². The number of amides is 1. The minimum Gasteiger partial charge on any atom is -0.443 e. The lowest BCUT2D eigenvalue weighted by molar-refractivity contribution is 0.0578. The molecule has 1 fully saturated rings. The largest absolute Gasteiger partial charge is 0.443 e. The lowest BCUT2D eigenvalue weighted by atomic mass is 10.0. The topological polar surface area (TPSA) is 41.6 Å². The van der Waals surface area contributed by atoms with Gasteiger partial charge in [0.2, 0.25) is 0 Å². The highest BCUT2D eigenvalue weighted by atomic mass is 32.2. The van der Waals surface area contributed by atoms with Crippen LogP contribution in [-0.2, 0) is 11.2 Å². The molecule has 0 radical (unpaired) electrons. The average Bonchev–Trinajstić information content (AvgIpc) is 2.55. The van der Waals surface area contributed by atoms with Crippen LogP contribution < -0.4 is 10.2 Å². The van der Waals surface area contributed by atoms with E-state index in [4.69, 9.17) is 4.74 Å². The van der Waals surface area contributed by atoms with Crippen molar-refractivity contribution in [1.29, 1.82) is 0 Å². The van der Waals surface area contributed by atoms with Gasteiger partial charge in [-0.1, -0.05) is 13.0 Å². The Labute approximate surface area is 155 Å². The van der Waals surface area contributed by atoms with Crippen LogP contribution in [0.15, 0.2) is 18.2 Å². The van der Waals surface area contributed by atoms with Crippen molar-refractivity contribution in [1.82, 2.24) is 0 Å². The first-order chi connectivity index (χ1) is 11.8. The Morgan fingerprint density at radius 1 is 1.32 bits per heavy atom. The number of hydrogen-bond donors (Lipinski definition) is 1. The van der Waals surface area contributed by atoms with Gasteiger partial charge in [0.1, 0.15) is 5.60 Å². The molecule has 3 rings (SSSR count). The van der Waals surface area contributed by atoms with E-state index in [2.05, 4.69) is 30.4 Å². The maximum Gasteiger partial charge on any atom is 0.414 e. The first-order valence-corrected chi connectivity index (χ1v) is 10.4. The molecule has 138 valence electrons. The standard InChI is InChI=1S/C20H30N2O2S/c1-14-17(8-6-12-25-14)21-16-10-9-15-7-5-11-22(18(15)13-16)19(23)24-20(2,3)4/h9-10,13-14,17,21H,5-8,11-12H2,1-4H3. The van der Waals surface area contributed by atoms with Gasteiger partial charge < -0.3 is 10.1 Å². The zero-order valence-electron chi connectivity index (χ0n) is 15.8. The third-order valence-corrected chi connectivity index (χ3v) is 6.16. The van der Waals surface area contributed by atoms with E-state index in [-0.39, 0.29) is 6.09 Å². The second-order valence-electron chi connectivity index (χ2n) is 8.05. The van der Waals surface area contributed by atoms with Crippen LogP contribution in [0.5, 0.6) is 0 Å². The number of ether oxygens (including phenoxy) is 1. The van der Waals surface area contributed by atoms with Gasteiger partial charge in [-0.2, -0.15) is 11.8 Å². The van der Waals surface area contributed by atoms with Crippen molar-refractivity contribution >= 4 is 29.2 Å². The number of carbonyl (C=O) groups is 1. The monoisotopic (exact) mass is 362 g/mol. The first-order valence-electron chi connectivity index (χ1n) is 9.35. The van der Waals surface area contributed by atoms with Crippen molar-refractivity contribution in [3.8, 4) is 0 Å². The Bertz CT molecular complexity index is 627. The van der Waals surface area contributed by atoms with Gasteiger partial charge in [-0.3, -0.25) is 4.90 Å². The number of carbonyl (C=O) groups excluding carboxylic acids is 1. The van der Waals surface area contributed by atoms with Crippen molar-refractivity contribution in [3.63, 3.8) is 0 Å². The summed E-state index contributed by atoms with van der Waals surface area (Å²) in [7, 11) is 0. The summed E-state index contributed by atoms with van der Waals surface area (Å²) in [5, 5.41) is 4.31. The second-order valence-corrected chi connectivity index (χ2v) is 9.53. The zero-order valence-corrected chi connectivity index (χ0v) is 16.6. The number of rotatable bonds is 2. The van der Waals surface area contributed by atoms with Crippen LogP contribution in [0.4, 0.5) is 16.2 Å². The quantitative estimate of drug-likeness (QED) is 0.797. The summed E-state index contributed by atoms with van der Waals surface area (Å²) in [6.45, 7) is 8.76.